The number of aliphatic carboxylic acids is 1. The van der Waals surface area contributed by atoms with Gasteiger partial charge in [0.1, 0.15) is 5.82 Å². The number of carbonyl (C=O) groups is 1. The summed E-state index contributed by atoms with van der Waals surface area (Å²) in [6.45, 7) is 0.618. The fourth-order valence-corrected chi connectivity index (χ4v) is 2.57. The third-order valence-electron chi connectivity index (χ3n) is 4.16. The summed E-state index contributed by atoms with van der Waals surface area (Å²) in [5.41, 5.74) is -0.625. The van der Waals surface area contributed by atoms with Crippen molar-refractivity contribution in [1.82, 2.24) is 4.98 Å². The van der Waals surface area contributed by atoms with Crippen LogP contribution in [-0.2, 0) is 4.79 Å². The summed E-state index contributed by atoms with van der Waals surface area (Å²) in [4.78, 5) is 15.5. The highest BCUT2D eigenvalue weighted by molar-refractivity contribution is 5.94. The van der Waals surface area contributed by atoms with Crippen LogP contribution >= 0.6 is 0 Å². The van der Waals surface area contributed by atoms with Crippen LogP contribution < -0.4 is 14.8 Å². The molecule has 0 unspecified atom stereocenters. The fraction of sp³-hybridized carbons (Fsp3) is 0.333. The predicted octanol–water partition coefficient (Wildman–Crippen LogP) is 2.24. The van der Waals surface area contributed by atoms with Crippen molar-refractivity contribution in [3.8, 4) is 11.5 Å². The lowest BCUT2D eigenvalue weighted by Crippen LogP contribution is -2.24. The second-order valence-electron chi connectivity index (χ2n) is 5.53. The highest BCUT2D eigenvalue weighted by Crippen LogP contribution is 2.46. The van der Waals surface area contributed by atoms with Crippen LogP contribution in [0, 0.1) is 5.41 Å². The molecule has 2 N–H and O–H groups in total. The molecule has 0 amide bonds. The highest BCUT2D eigenvalue weighted by Gasteiger charge is 2.50. The molecule has 4 rings (SSSR count). The van der Waals surface area contributed by atoms with Gasteiger partial charge in [-0.15, -0.1) is 0 Å². The molecule has 1 aliphatic heterocycles. The molecule has 2 aliphatic rings. The molecule has 0 spiro atoms. The van der Waals surface area contributed by atoms with Crippen molar-refractivity contribution < 1.29 is 19.4 Å². The van der Waals surface area contributed by atoms with Gasteiger partial charge < -0.3 is 19.9 Å². The van der Waals surface area contributed by atoms with Gasteiger partial charge in [-0.2, -0.15) is 0 Å². The number of hydrogen-bond acceptors (Lipinski definition) is 5. The van der Waals surface area contributed by atoms with Crippen molar-refractivity contribution in [3.63, 3.8) is 0 Å². The first kappa shape index (κ1) is 12.3. The van der Waals surface area contributed by atoms with Gasteiger partial charge in [-0.25, -0.2) is 4.98 Å². The number of nitrogens with one attached hydrogen (secondary N) is 1. The number of carboxylic acids is 1. The number of hydrogen-bond donors (Lipinski definition) is 2. The van der Waals surface area contributed by atoms with Gasteiger partial charge >= 0.3 is 5.97 Å². The van der Waals surface area contributed by atoms with Gasteiger partial charge in [0.25, 0.3) is 0 Å². The molecule has 1 aliphatic carbocycles. The minimum Gasteiger partial charge on any atom is -0.481 e. The Morgan fingerprint density at radius 1 is 1.33 bits per heavy atom. The van der Waals surface area contributed by atoms with Gasteiger partial charge in [0.05, 0.1) is 5.41 Å². The Hall–Kier alpha value is -2.50. The molecule has 0 saturated heterocycles. The normalized spacial score (nSPS) is 17.7. The average Bonchev–Trinajstić information content (AvgIpc) is 3.14. The van der Waals surface area contributed by atoms with E-state index in [0.717, 1.165) is 16.5 Å². The molecule has 108 valence electrons. The van der Waals surface area contributed by atoms with Crippen LogP contribution in [0.15, 0.2) is 24.4 Å². The molecule has 2 aromatic rings. The van der Waals surface area contributed by atoms with E-state index in [1.165, 1.54) is 0 Å². The average molecular weight is 286 g/mol. The molecule has 1 fully saturated rings. The van der Waals surface area contributed by atoms with Crippen molar-refractivity contribution >= 4 is 22.6 Å². The summed E-state index contributed by atoms with van der Waals surface area (Å²) in [6, 6.07) is 5.69. The van der Waals surface area contributed by atoms with Gasteiger partial charge in [0.15, 0.2) is 11.5 Å². The van der Waals surface area contributed by atoms with Gasteiger partial charge in [-0.05, 0) is 36.4 Å². The second kappa shape index (κ2) is 4.25. The van der Waals surface area contributed by atoms with Gasteiger partial charge in [0.2, 0.25) is 6.79 Å². The number of rotatable bonds is 4. The largest absolute Gasteiger partial charge is 0.481 e. The molecule has 1 saturated carbocycles. The van der Waals surface area contributed by atoms with Crippen LogP contribution in [0.25, 0.3) is 10.8 Å². The topological polar surface area (TPSA) is 80.7 Å². The molecule has 6 nitrogen and oxygen atoms in total. The summed E-state index contributed by atoms with van der Waals surface area (Å²) in [5, 5.41) is 14.3. The molecule has 1 aromatic carbocycles. The molecule has 0 radical (unpaired) electrons. The molecule has 21 heavy (non-hydrogen) atoms. The SMILES string of the molecule is O=C(O)C1(CNc2nccc3cc4c(cc23)OCO4)CC1. The van der Waals surface area contributed by atoms with Gasteiger partial charge in [-0.1, -0.05) is 0 Å². The minimum atomic E-state index is -0.743. The van der Waals surface area contributed by atoms with E-state index in [2.05, 4.69) is 10.3 Å². The molecular formula is C15H14N2O4. The Morgan fingerprint density at radius 3 is 2.81 bits per heavy atom. The molecule has 1 aromatic heterocycles. The maximum Gasteiger partial charge on any atom is 0.311 e. The summed E-state index contributed by atoms with van der Waals surface area (Å²) >= 11 is 0. The Bertz CT molecular complexity index is 740. The van der Waals surface area contributed by atoms with E-state index < -0.39 is 11.4 Å². The highest BCUT2D eigenvalue weighted by atomic mass is 16.7. The summed E-state index contributed by atoms with van der Waals surface area (Å²) in [7, 11) is 0. The number of fused-ring (bicyclic) bond motifs is 2. The zero-order valence-corrected chi connectivity index (χ0v) is 11.3. The van der Waals surface area contributed by atoms with E-state index in [1.807, 2.05) is 18.2 Å². The Kier molecular flexibility index (Phi) is 2.48. The minimum absolute atomic E-state index is 0.226. The van der Waals surface area contributed by atoms with Crippen LogP contribution in [0.5, 0.6) is 11.5 Å². The number of aromatic nitrogens is 1. The van der Waals surface area contributed by atoms with Crippen LogP contribution in [0.2, 0.25) is 0 Å². The Morgan fingerprint density at radius 2 is 2.10 bits per heavy atom. The van der Waals surface area contributed by atoms with E-state index in [0.29, 0.717) is 31.0 Å². The molecule has 6 heteroatoms. The van der Waals surface area contributed by atoms with Crippen molar-refractivity contribution in [2.75, 3.05) is 18.7 Å². The van der Waals surface area contributed by atoms with Crippen molar-refractivity contribution in [2.45, 2.75) is 12.8 Å². The van der Waals surface area contributed by atoms with Crippen LogP contribution in [0.4, 0.5) is 5.82 Å². The predicted molar refractivity (Wildman–Crippen MR) is 75.7 cm³/mol. The first-order valence-corrected chi connectivity index (χ1v) is 6.84. The Balaban J connectivity index is 1.67. The number of pyridine rings is 1. The molecule has 0 atom stereocenters. The first-order chi connectivity index (χ1) is 10.2. The third kappa shape index (κ3) is 1.94. The van der Waals surface area contributed by atoms with Gasteiger partial charge in [0, 0.05) is 18.1 Å². The van der Waals surface area contributed by atoms with Crippen LogP contribution in [-0.4, -0.2) is 29.4 Å². The van der Waals surface area contributed by atoms with E-state index in [-0.39, 0.29) is 6.79 Å². The van der Waals surface area contributed by atoms with Crippen molar-refractivity contribution in [1.29, 1.82) is 0 Å². The fourth-order valence-electron chi connectivity index (χ4n) is 2.57. The number of ether oxygens (including phenoxy) is 2. The zero-order valence-electron chi connectivity index (χ0n) is 11.3. The second-order valence-corrected chi connectivity index (χ2v) is 5.53. The molecular weight excluding hydrogens is 272 g/mol. The third-order valence-corrected chi connectivity index (χ3v) is 4.16. The maximum absolute atomic E-state index is 11.2. The summed E-state index contributed by atoms with van der Waals surface area (Å²) in [6.07, 6.45) is 3.13. The summed E-state index contributed by atoms with van der Waals surface area (Å²) in [5.74, 6) is 1.35. The first-order valence-electron chi connectivity index (χ1n) is 6.84. The quantitative estimate of drug-likeness (QED) is 0.897. The van der Waals surface area contributed by atoms with E-state index in [4.69, 9.17) is 9.47 Å². The number of carboxylic acid groups (broad SMARTS) is 1. The lowest BCUT2D eigenvalue weighted by atomic mass is 10.1. The maximum atomic E-state index is 11.2. The molecule has 0 bridgehead atoms. The van der Waals surface area contributed by atoms with Crippen molar-refractivity contribution in [3.05, 3.63) is 24.4 Å². The summed E-state index contributed by atoms with van der Waals surface area (Å²) < 4.78 is 10.7. The zero-order chi connectivity index (χ0) is 14.4. The van der Waals surface area contributed by atoms with E-state index >= 15 is 0 Å². The number of nitrogens with zero attached hydrogens (tertiary/aromatic N) is 1. The van der Waals surface area contributed by atoms with E-state index in [1.54, 1.807) is 6.20 Å². The Labute approximate surface area is 120 Å². The number of benzene rings is 1. The lowest BCUT2D eigenvalue weighted by molar-refractivity contribution is -0.142. The molecule has 2 heterocycles. The van der Waals surface area contributed by atoms with E-state index in [9.17, 15) is 9.90 Å². The van der Waals surface area contributed by atoms with Crippen molar-refractivity contribution in [2.24, 2.45) is 5.41 Å². The standard InChI is InChI=1S/C15H14N2O4/c18-14(19)15(2-3-15)7-17-13-10-6-12-11(20-8-21-12)5-9(10)1-4-16-13/h1,4-6H,2-3,7-8H2,(H,16,17)(H,18,19). The lowest BCUT2D eigenvalue weighted by Gasteiger charge is -2.13. The van der Waals surface area contributed by atoms with Crippen LogP contribution in [0.3, 0.4) is 0 Å². The van der Waals surface area contributed by atoms with Gasteiger partial charge in [-0.3, -0.25) is 4.79 Å². The monoisotopic (exact) mass is 286 g/mol. The van der Waals surface area contributed by atoms with Crippen LogP contribution in [0.1, 0.15) is 12.8 Å². The smallest absolute Gasteiger partial charge is 0.311 e. The number of anilines is 1.